The molecule has 3 aliphatic rings. The fourth-order valence-corrected chi connectivity index (χ4v) is 5.39. The maximum Gasteiger partial charge on any atom is 0.227 e. The summed E-state index contributed by atoms with van der Waals surface area (Å²) < 4.78 is 0. The molecule has 1 unspecified atom stereocenters. The van der Waals surface area contributed by atoms with E-state index >= 15 is 0 Å². The van der Waals surface area contributed by atoms with E-state index in [1.807, 2.05) is 6.07 Å². The first-order valence-electron chi connectivity index (χ1n) is 12.9. The topological polar surface area (TPSA) is 47.6 Å². The quantitative estimate of drug-likeness (QED) is 0.628. The molecular weight excluding hydrogens is 408 g/mol. The third-order valence-electron chi connectivity index (χ3n) is 7.56. The zero-order chi connectivity index (χ0) is 22.5. The van der Waals surface area contributed by atoms with Crippen molar-refractivity contribution in [3.05, 3.63) is 60.2 Å². The number of likely N-dealkylation sites (tertiary alicyclic amines) is 1. The second-order valence-electron chi connectivity index (χ2n) is 10.1. The summed E-state index contributed by atoms with van der Waals surface area (Å²) in [6.45, 7) is 6.78. The van der Waals surface area contributed by atoms with Crippen LogP contribution >= 0.6 is 0 Å². The Morgan fingerprint density at radius 3 is 2.52 bits per heavy atom. The molecule has 1 amide bonds. The molecule has 2 aromatic rings. The molecule has 0 bridgehead atoms. The molecule has 2 aliphatic heterocycles. The molecule has 1 aliphatic carbocycles. The van der Waals surface area contributed by atoms with E-state index in [4.69, 9.17) is 0 Å². The fraction of sp³-hybridized carbons (Fsp3) is 0.536. The number of amides is 1. The van der Waals surface area contributed by atoms with Crippen LogP contribution in [0.3, 0.4) is 0 Å². The third-order valence-corrected chi connectivity index (χ3v) is 7.56. The second-order valence-corrected chi connectivity index (χ2v) is 10.1. The number of carbonyl (C=O) groups excluding carboxylic acids is 1. The molecule has 176 valence electrons. The normalized spacial score (nSPS) is 22.3. The summed E-state index contributed by atoms with van der Waals surface area (Å²) >= 11 is 0. The zero-order valence-electron chi connectivity index (χ0n) is 19.7. The Balaban J connectivity index is 1.03. The molecule has 2 aromatic carbocycles. The van der Waals surface area contributed by atoms with Crippen molar-refractivity contribution >= 4 is 17.3 Å². The van der Waals surface area contributed by atoms with Gasteiger partial charge in [0.15, 0.2) is 0 Å². The molecule has 2 heterocycles. The van der Waals surface area contributed by atoms with Crippen molar-refractivity contribution in [1.82, 2.24) is 10.2 Å². The molecule has 3 fully saturated rings. The molecule has 5 heteroatoms. The summed E-state index contributed by atoms with van der Waals surface area (Å²) in [7, 11) is 0. The van der Waals surface area contributed by atoms with Gasteiger partial charge in [-0.1, -0.05) is 36.4 Å². The number of nitrogens with zero attached hydrogens (tertiary/aromatic N) is 2. The van der Waals surface area contributed by atoms with Crippen LogP contribution in [0.5, 0.6) is 0 Å². The third kappa shape index (κ3) is 6.15. The van der Waals surface area contributed by atoms with E-state index in [-0.39, 0.29) is 11.8 Å². The number of hydrogen-bond donors (Lipinski definition) is 2. The predicted molar refractivity (Wildman–Crippen MR) is 136 cm³/mol. The smallest absolute Gasteiger partial charge is 0.227 e. The van der Waals surface area contributed by atoms with Crippen molar-refractivity contribution < 1.29 is 4.79 Å². The van der Waals surface area contributed by atoms with Crippen molar-refractivity contribution in [2.75, 3.05) is 49.5 Å². The Morgan fingerprint density at radius 2 is 1.73 bits per heavy atom. The summed E-state index contributed by atoms with van der Waals surface area (Å²) in [6.07, 6.45) is 7.04. The first-order chi connectivity index (χ1) is 16.2. The van der Waals surface area contributed by atoms with E-state index in [9.17, 15) is 4.79 Å². The van der Waals surface area contributed by atoms with Crippen molar-refractivity contribution in [2.45, 2.75) is 50.5 Å². The summed E-state index contributed by atoms with van der Waals surface area (Å²) in [5, 5.41) is 6.91. The molecule has 0 radical (unpaired) electrons. The van der Waals surface area contributed by atoms with Crippen LogP contribution in [0.1, 0.15) is 50.0 Å². The van der Waals surface area contributed by atoms with Gasteiger partial charge in [-0.15, -0.1) is 0 Å². The van der Waals surface area contributed by atoms with E-state index in [2.05, 4.69) is 69.0 Å². The van der Waals surface area contributed by atoms with Gasteiger partial charge in [-0.2, -0.15) is 0 Å². The standard InChI is InChI=1S/C28H38N4O/c33-28(23-11-12-23)30-26-9-4-10-27(20-26)32-17-13-25(14-18-32)29-15-19-31-16-5-8-24(21-31)22-6-2-1-3-7-22/h1-4,6-7,9-10,20,23-25,29H,5,8,11-19,21H2,(H,30,33). The summed E-state index contributed by atoms with van der Waals surface area (Å²) in [5.74, 6) is 1.11. The van der Waals surface area contributed by atoms with E-state index in [1.54, 1.807) is 0 Å². The monoisotopic (exact) mass is 446 g/mol. The number of piperidine rings is 2. The highest BCUT2D eigenvalue weighted by molar-refractivity contribution is 5.94. The van der Waals surface area contributed by atoms with Gasteiger partial charge in [0, 0.05) is 56.1 Å². The molecule has 0 spiro atoms. The van der Waals surface area contributed by atoms with Crippen molar-refractivity contribution in [2.24, 2.45) is 5.92 Å². The van der Waals surface area contributed by atoms with Gasteiger partial charge in [-0.05, 0) is 74.8 Å². The van der Waals surface area contributed by atoms with Gasteiger partial charge in [0.2, 0.25) is 5.91 Å². The van der Waals surface area contributed by atoms with Crippen LogP contribution in [0.2, 0.25) is 0 Å². The van der Waals surface area contributed by atoms with E-state index in [0.717, 1.165) is 44.7 Å². The molecule has 0 aromatic heterocycles. The average Bonchev–Trinajstić information content (AvgIpc) is 3.71. The molecule has 33 heavy (non-hydrogen) atoms. The molecule has 5 nitrogen and oxygen atoms in total. The van der Waals surface area contributed by atoms with E-state index < -0.39 is 0 Å². The average molecular weight is 447 g/mol. The molecule has 2 N–H and O–H groups in total. The fourth-order valence-electron chi connectivity index (χ4n) is 5.39. The van der Waals surface area contributed by atoms with Crippen LogP contribution in [0.15, 0.2) is 54.6 Å². The lowest BCUT2D eigenvalue weighted by Crippen LogP contribution is -2.45. The Kier molecular flexibility index (Phi) is 7.27. The highest BCUT2D eigenvalue weighted by Crippen LogP contribution is 2.31. The molecule has 1 atom stereocenters. The van der Waals surface area contributed by atoms with Crippen LogP contribution in [0, 0.1) is 5.92 Å². The number of benzene rings is 2. The number of hydrogen-bond acceptors (Lipinski definition) is 4. The minimum absolute atomic E-state index is 0.179. The van der Waals surface area contributed by atoms with Gasteiger partial charge in [0.05, 0.1) is 0 Å². The first-order valence-corrected chi connectivity index (χ1v) is 12.9. The number of rotatable bonds is 8. The SMILES string of the molecule is O=C(Nc1cccc(N2CCC(NCCN3CCCC(c4ccccc4)C3)CC2)c1)C1CC1. The Morgan fingerprint density at radius 1 is 0.909 bits per heavy atom. The van der Waals surface area contributed by atoms with Crippen LogP contribution in [0.25, 0.3) is 0 Å². The minimum atomic E-state index is 0.179. The van der Waals surface area contributed by atoms with Gasteiger partial charge in [-0.3, -0.25) is 4.79 Å². The predicted octanol–water partition coefficient (Wildman–Crippen LogP) is 4.47. The van der Waals surface area contributed by atoms with E-state index in [0.29, 0.717) is 12.0 Å². The largest absolute Gasteiger partial charge is 0.371 e. The maximum absolute atomic E-state index is 12.1. The Labute approximate surface area is 198 Å². The molecule has 1 saturated carbocycles. The molecule has 5 rings (SSSR count). The van der Waals surface area contributed by atoms with Crippen molar-refractivity contribution in [3.63, 3.8) is 0 Å². The molecular formula is C28H38N4O. The highest BCUT2D eigenvalue weighted by Gasteiger charge is 2.29. The lowest BCUT2D eigenvalue weighted by Gasteiger charge is -2.36. The van der Waals surface area contributed by atoms with Crippen LogP contribution in [-0.2, 0) is 4.79 Å². The Hall–Kier alpha value is -2.37. The summed E-state index contributed by atoms with van der Waals surface area (Å²) in [6, 6.07) is 20.0. The highest BCUT2D eigenvalue weighted by atomic mass is 16.2. The minimum Gasteiger partial charge on any atom is -0.371 e. The lowest BCUT2D eigenvalue weighted by atomic mass is 9.91. The number of nitrogens with one attached hydrogen (secondary N) is 2. The number of carbonyl (C=O) groups is 1. The van der Waals surface area contributed by atoms with Crippen LogP contribution in [-0.4, -0.2) is 56.1 Å². The van der Waals surface area contributed by atoms with Gasteiger partial charge in [-0.25, -0.2) is 0 Å². The van der Waals surface area contributed by atoms with Gasteiger partial charge >= 0.3 is 0 Å². The molecule has 2 saturated heterocycles. The van der Waals surface area contributed by atoms with Crippen LogP contribution in [0.4, 0.5) is 11.4 Å². The first kappa shape index (κ1) is 22.4. The summed E-state index contributed by atoms with van der Waals surface area (Å²) in [4.78, 5) is 17.2. The van der Waals surface area contributed by atoms with Gasteiger partial charge in [0.1, 0.15) is 0 Å². The Bertz CT molecular complexity index is 905. The summed E-state index contributed by atoms with van der Waals surface area (Å²) in [5.41, 5.74) is 3.65. The number of anilines is 2. The maximum atomic E-state index is 12.1. The van der Waals surface area contributed by atoms with Crippen LogP contribution < -0.4 is 15.5 Å². The second kappa shape index (κ2) is 10.7. The van der Waals surface area contributed by atoms with E-state index in [1.165, 1.54) is 50.0 Å². The van der Waals surface area contributed by atoms with Crippen molar-refractivity contribution in [1.29, 1.82) is 0 Å². The lowest BCUT2D eigenvalue weighted by molar-refractivity contribution is -0.117. The van der Waals surface area contributed by atoms with Gasteiger partial charge in [0.25, 0.3) is 0 Å². The zero-order valence-corrected chi connectivity index (χ0v) is 19.7. The van der Waals surface area contributed by atoms with Gasteiger partial charge < -0.3 is 20.4 Å². The van der Waals surface area contributed by atoms with Crippen molar-refractivity contribution in [3.8, 4) is 0 Å².